The van der Waals surface area contributed by atoms with Crippen LogP contribution in [-0.4, -0.2) is 111 Å². The van der Waals surface area contributed by atoms with Gasteiger partial charge in [-0.2, -0.15) is 0 Å². The van der Waals surface area contributed by atoms with E-state index in [4.69, 9.17) is 24.7 Å². The molecule has 74 heavy (non-hydrogen) atoms. The fourth-order valence-electron chi connectivity index (χ4n) is 10.8. The number of benzene rings is 5. The number of rotatable bonds is 13. The lowest BCUT2D eigenvalue weighted by Crippen LogP contribution is -2.57. The van der Waals surface area contributed by atoms with Crippen molar-refractivity contribution in [3.8, 4) is 17.6 Å². The summed E-state index contributed by atoms with van der Waals surface area (Å²) in [4.78, 5) is 93.3. The number of fused-ring (bicyclic) bond motifs is 3. The number of morpholine rings is 2. The number of carbonyl (C=O) groups excluding carboxylic acids is 6. The van der Waals surface area contributed by atoms with Gasteiger partial charge < -0.3 is 50.6 Å². The summed E-state index contributed by atoms with van der Waals surface area (Å²) >= 11 is 0. The Morgan fingerprint density at radius 3 is 2.16 bits per heavy atom. The number of urea groups is 2. The molecule has 18 nitrogen and oxygen atoms in total. The van der Waals surface area contributed by atoms with Crippen molar-refractivity contribution in [3.63, 3.8) is 0 Å². The standard InChI is InChI=1S/C56H57N7O11/c1-34(2)45(51(66)71-3)60-55(70)62-43-25-16-35(11-10-26-58-54(57)69)33-42(43)56(53(62)68)44(50(65)59-39-19-21-40(22-20-39)61-27-30-72-31-28-61)47-52(67)74-48(37-14-8-5-9-15-37)46(36-12-6-4-7-13-36)63(47)49(56)38-17-23-41(24-18-38)73-32-29-64/h4-9,12-25,33-34,44-49,64H,26-32H2,1-3H3,(H,59,65)(H,60,70)(H3,57,58,69)/t44-,45-,46-,47-,48+,49+,56-/m0/s1. The van der Waals surface area contributed by atoms with Crippen molar-refractivity contribution in [1.82, 2.24) is 15.5 Å². The van der Waals surface area contributed by atoms with Gasteiger partial charge in [0.2, 0.25) is 11.8 Å². The molecule has 3 fully saturated rings. The number of nitrogens with one attached hydrogen (secondary N) is 3. The molecule has 0 saturated carbocycles. The van der Waals surface area contributed by atoms with Crippen LogP contribution in [0.25, 0.3) is 0 Å². The number of anilines is 3. The topological polar surface area (TPSA) is 231 Å². The van der Waals surface area contributed by atoms with Crippen LogP contribution in [0.4, 0.5) is 26.7 Å². The molecule has 3 saturated heterocycles. The van der Waals surface area contributed by atoms with E-state index in [1.807, 2.05) is 77.7 Å². The first kappa shape index (κ1) is 50.7. The van der Waals surface area contributed by atoms with Gasteiger partial charge in [-0.15, -0.1) is 0 Å². The number of carbonyl (C=O) groups is 6. The van der Waals surface area contributed by atoms with Crippen LogP contribution in [-0.2, 0) is 38.8 Å². The van der Waals surface area contributed by atoms with Gasteiger partial charge in [0.25, 0.3) is 0 Å². The molecule has 18 heteroatoms. The van der Waals surface area contributed by atoms with E-state index in [9.17, 15) is 14.7 Å². The molecule has 382 valence electrons. The maximum absolute atomic E-state index is 16.7. The first-order valence-electron chi connectivity index (χ1n) is 24.4. The van der Waals surface area contributed by atoms with Crippen LogP contribution in [0.3, 0.4) is 0 Å². The molecule has 5 aromatic rings. The minimum absolute atomic E-state index is 0.00505. The number of aliphatic hydroxyl groups excluding tert-OH is 1. The molecule has 5 aromatic carbocycles. The van der Waals surface area contributed by atoms with Crippen molar-refractivity contribution in [1.29, 1.82) is 0 Å². The number of primary amides is 1. The zero-order chi connectivity index (χ0) is 52.1. The third-order valence-electron chi connectivity index (χ3n) is 14.0. The minimum Gasteiger partial charge on any atom is -0.491 e. The van der Waals surface area contributed by atoms with Crippen molar-refractivity contribution in [3.05, 3.63) is 155 Å². The second kappa shape index (κ2) is 21.9. The molecule has 4 aliphatic rings. The highest BCUT2D eigenvalue weighted by molar-refractivity contribution is 6.25. The Morgan fingerprint density at radius 2 is 1.53 bits per heavy atom. The summed E-state index contributed by atoms with van der Waals surface area (Å²) in [5, 5.41) is 17.9. The molecule has 0 unspecified atom stereocenters. The number of imide groups is 1. The van der Waals surface area contributed by atoms with Gasteiger partial charge in [-0.25, -0.2) is 19.3 Å². The van der Waals surface area contributed by atoms with Crippen molar-refractivity contribution < 1.29 is 52.8 Å². The number of nitrogens with two attached hydrogens (primary N) is 1. The van der Waals surface area contributed by atoms with Crippen molar-refractivity contribution in [2.24, 2.45) is 17.6 Å². The number of nitrogens with zero attached hydrogens (tertiary/aromatic N) is 3. The smallest absolute Gasteiger partial charge is 0.329 e. The lowest BCUT2D eigenvalue weighted by molar-refractivity contribution is -0.177. The lowest BCUT2D eigenvalue weighted by Gasteiger charge is -2.46. The van der Waals surface area contributed by atoms with Crippen molar-refractivity contribution >= 4 is 52.9 Å². The predicted octanol–water partition coefficient (Wildman–Crippen LogP) is 5.13. The second-order valence-electron chi connectivity index (χ2n) is 18.6. The highest BCUT2D eigenvalue weighted by Crippen LogP contribution is 2.66. The van der Waals surface area contributed by atoms with E-state index >= 15 is 19.2 Å². The third kappa shape index (κ3) is 9.60. The van der Waals surface area contributed by atoms with Gasteiger partial charge >= 0.3 is 24.0 Å². The summed E-state index contributed by atoms with van der Waals surface area (Å²) < 4.78 is 23.1. The molecule has 4 heterocycles. The molecule has 1 spiro atoms. The number of ether oxygens (including phenoxy) is 4. The van der Waals surface area contributed by atoms with Gasteiger partial charge in [0, 0.05) is 30.0 Å². The van der Waals surface area contributed by atoms with Crippen LogP contribution in [0.5, 0.6) is 5.75 Å². The van der Waals surface area contributed by atoms with Gasteiger partial charge in [-0.1, -0.05) is 98.5 Å². The van der Waals surface area contributed by atoms with E-state index < -0.39 is 83.3 Å². The van der Waals surface area contributed by atoms with Crippen LogP contribution >= 0.6 is 0 Å². The maximum Gasteiger partial charge on any atom is 0.329 e. The van der Waals surface area contributed by atoms with Crippen LogP contribution in [0.15, 0.2) is 127 Å². The summed E-state index contributed by atoms with van der Waals surface area (Å²) in [6, 6.07) is 30.8. The fraction of sp³-hybridized carbons (Fsp3) is 0.321. The number of cyclic esters (lactones) is 1. The third-order valence-corrected chi connectivity index (χ3v) is 14.0. The molecule has 0 aromatic heterocycles. The largest absolute Gasteiger partial charge is 0.491 e. The Hall–Kier alpha value is -8.24. The Kier molecular flexibility index (Phi) is 15.0. The SMILES string of the molecule is COC(=O)[C@@H](NC(=O)N1C(=O)[C@@]2(c3cc(C#CCNC(N)=O)ccc31)[C@H](C(=O)Nc1ccc(N3CCOCC3)cc1)[C@H]1C(=O)O[C@H](c3ccccc3)[C@H](c3ccccc3)N1[C@@H]2c1ccc(OCCO)cc1)C(C)C. The summed E-state index contributed by atoms with van der Waals surface area (Å²) in [6.07, 6.45) is -0.985. The van der Waals surface area contributed by atoms with Crippen LogP contribution in [0.2, 0.25) is 0 Å². The van der Waals surface area contributed by atoms with Gasteiger partial charge in [-0.05, 0) is 82.8 Å². The van der Waals surface area contributed by atoms with Crippen LogP contribution in [0, 0.1) is 23.7 Å². The maximum atomic E-state index is 16.7. The number of aliphatic hydroxyl groups is 1. The van der Waals surface area contributed by atoms with E-state index in [0.717, 1.165) is 10.6 Å². The fourth-order valence-corrected chi connectivity index (χ4v) is 10.8. The second-order valence-corrected chi connectivity index (χ2v) is 18.6. The first-order valence-corrected chi connectivity index (χ1v) is 24.4. The molecule has 0 bridgehead atoms. The summed E-state index contributed by atoms with van der Waals surface area (Å²) in [6.45, 7) is 5.53. The number of amides is 6. The molecular weight excluding hydrogens is 947 g/mol. The van der Waals surface area contributed by atoms with Crippen molar-refractivity contribution in [2.45, 2.75) is 49.5 Å². The molecular formula is C56H57N7O11. The van der Waals surface area contributed by atoms with E-state index in [0.29, 0.717) is 60.0 Å². The molecule has 0 radical (unpaired) electrons. The van der Waals surface area contributed by atoms with Gasteiger partial charge in [0.15, 0.2) is 0 Å². The lowest BCUT2D eigenvalue weighted by atomic mass is 9.65. The van der Waals surface area contributed by atoms with Crippen LogP contribution < -0.4 is 36.2 Å². The van der Waals surface area contributed by atoms with Gasteiger partial charge in [-0.3, -0.25) is 19.3 Å². The highest BCUT2D eigenvalue weighted by Gasteiger charge is 2.75. The van der Waals surface area contributed by atoms with E-state index in [1.165, 1.54) is 13.2 Å². The molecule has 9 rings (SSSR count). The minimum atomic E-state index is -2.18. The molecule has 6 N–H and O–H groups in total. The summed E-state index contributed by atoms with van der Waals surface area (Å²) in [7, 11) is 1.19. The normalized spacial score (nSPS) is 22.4. The molecule has 4 aliphatic heterocycles. The van der Waals surface area contributed by atoms with Gasteiger partial charge in [0.05, 0.1) is 57.2 Å². The van der Waals surface area contributed by atoms with E-state index in [1.54, 1.807) is 62.4 Å². The molecule has 0 aliphatic carbocycles. The van der Waals surface area contributed by atoms with E-state index in [2.05, 4.69) is 32.7 Å². The zero-order valence-electron chi connectivity index (χ0n) is 41.1. The molecule has 7 atom stereocenters. The Bertz CT molecular complexity index is 2960. The zero-order valence-corrected chi connectivity index (χ0v) is 41.1. The number of methoxy groups -OCH3 is 1. The average Bonchev–Trinajstić information content (AvgIpc) is 3.88. The number of hydrogen-bond acceptors (Lipinski definition) is 13. The molecule has 6 amide bonds. The Labute approximate surface area is 428 Å². The average molecular weight is 1000 g/mol. The van der Waals surface area contributed by atoms with Crippen molar-refractivity contribution in [2.75, 3.05) is 68.3 Å². The Morgan fingerprint density at radius 1 is 0.851 bits per heavy atom. The van der Waals surface area contributed by atoms with E-state index in [-0.39, 0.29) is 31.0 Å². The first-order chi connectivity index (χ1) is 35.9. The van der Waals surface area contributed by atoms with Gasteiger partial charge in [0.1, 0.15) is 36.0 Å². The monoisotopic (exact) mass is 1000 g/mol. The highest BCUT2D eigenvalue weighted by atomic mass is 16.6. The summed E-state index contributed by atoms with van der Waals surface area (Å²) in [5.74, 6) is 1.00. The van der Waals surface area contributed by atoms with Crippen LogP contribution in [0.1, 0.15) is 59.9 Å². The predicted molar refractivity (Wildman–Crippen MR) is 273 cm³/mol. The quantitative estimate of drug-likeness (QED) is 0.0763. The Balaban J connectivity index is 1.32. The number of esters is 2. The number of hydrogen-bond donors (Lipinski definition) is 5. The summed E-state index contributed by atoms with van der Waals surface area (Å²) in [5.41, 5.74) is 6.80.